The molecule has 3 heteroatoms. The molecule has 0 N–H and O–H groups in total. The molecule has 0 heterocycles. The Morgan fingerprint density at radius 2 is 1.86 bits per heavy atom. The molecule has 78 valence electrons. The molecule has 0 aliphatic heterocycles. The first-order valence-corrected chi connectivity index (χ1v) is 5.19. The van der Waals surface area contributed by atoms with Gasteiger partial charge >= 0.3 is 0 Å². The van der Waals surface area contributed by atoms with Gasteiger partial charge in [-0.2, -0.15) is 0 Å². The number of rotatable bonds is 3. The molecule has 1 aromatic rings. The van der Waals surface area contributed by atoms with Crippen molar-refractivity contribution in [1.82, 2.24) is 0 Å². The summed E-state index contributed by atoms with van der Waals surface area (Å²) in [6.45, 7) is 7.25. The Hall–Kier alpha value is -0.760. The van der Waals surface area contributed by atoms with Gasteiger partial charge in [-0.15, -0.1) is 0 Å². The smallest absolute Gasteiger partial charge is 0.150 e. The predicted molar refractivity (Wildman–Crippen MR) is 59.7 cm³/mol. The highest BCUT2D eigenvalue weighted by molar-refractivity contribution is 6.33. The maximum absolute atomic E-state index is 13.8. The Morgan fingerprint density at radius 3 is 2.36 bits per heavy atom. The van der Waals surface area contributed by atoms with Crippen LogP contribution in [0.5, 0.6) is 0 Å². The van der Waals surface area contributed by atoms with E-state index in [9.17, 15) is 4.39 Å². The molecule has 14 heavy (non-hydrogen) atoms. The maximum atomic E-state index is 13.8. The Bertz CT molecular complexity index is 321. The van der Waals surface area contributed by atoms with Crippen molar-refractivity contribution in [3.63, 3.8) is 0 Å². The number of aryl methyl sites for hydroxylation is 1. The quantitative estimate of drug-likeness (QED) is 0.744. The van der Waals surface area contributed by atoms with Crippen molar-refractivity contribution in [2.24, 2.45) is 0 Å². The standard InChI is InChI=1S/C11H15ClFN/c1-4-14(5-2)11-9(12)7-6-8(3)10(11)13/h6-7H,4-5H2,1-3H3. The van der Waals surface area contributed by atoms with Gasteiger partial charge in [0.25, 0.3) is 0 Å². The van der Waals surface area contributed by atoms with E-state index in [2.05, 4.69) is 0 Å². The zero-order valence-corrected chi connectivity index (χ0v) is 9.53. The van der Waals surface area contributed by atoms with E-state index < -0.39 is 0 Å². The SMILES string of the molecule is CCN(CC)c1c(Cl)ccc(C)c1F. The van der Waals surface area contributed by atoms with Gasteiger partial charge in [0.2, 0.25) is 0 Å². The van der Waals surface area contributed by atoms with Crippen molar-refractivity contribution < 1.29 is 4.39 Å². The van der Waals surface area contributed by atoms with Gasteiger partial charge < -0.3 is 4.90 Å². The van der Waals surface area contributed by atoms with Crippen LogP contribution in [0.4, 0.5) is 10.1 Å². The first-order valence-electron chi connectivity index (χ1n) is 4.81. The van der Waals surface area contributed by atoms with Crippen LogP contribution in [-0.4, -0.2) is 13.1 Å². The number of hydrogen-bond donors (Lipinski definition) is 0. The van der Waals surface area contributed by atoms with E-state index >= 15 is 0 Å². The van der Waals surface area contributed by atoms with E-state index in [1.54, 1.807) is 19.1 Å². The van der Waals surface area contributed by atoms with Crippen LogP contribution in [0.1, 0.15) is 19.4 Å². The molecule has 1 nitrogen and oxygen atoms in total. The van der Waals surface area contributed by atoms with Gasteiger partial charge in [0, 0.05) is 13.1 Å². The molecule has 1 aromatic carbocycles. The topological polar surface area (TPSA) is 3.24 Å². The van der Waals surface area contributed by atoms with E-state index in [4.69, 9.17) is 11.6 Å². The molecule has 0 radical (unpaired) electrons. The number of hydrogen-bond acceptors (Lipinski definition) is 1. The fourth-order valence-electron chi connectivity index (χ4n) is 1.47. The van der Waals surface area contributed by atoms with Crippen molar-refractivity contribution in [1.29, 1.82) is 0 Å². The molecule has 0 saturated heterocycles. The molecule has 0 aliphatic rings. The minimum Gasteiger partial charge on any atom is -0.369 e. The second-order valence-electron chi connectivity index (χ2n) is 3.20. The maximum Gasteiger partial charge on any atom is 0.150 e. The van der Waals surface area contributed by atoms with E-state index in [0.717, 1.165) is 13.1 Å². The molecule has 0 unspecified atom stereocenters. The summed E-state index contributed by atoms with van der Waals surface area (Å²) in [5, 5.41) is 0.483. The lowest BCUT2D eigenvalue weighted by Crippen LogP contribution is -2.23. The zero-order chi connectivity index (χ0) is 10.7. The van der Waals surface area contributed by atoms with Gasteiger partial charge in [0.15, 0.2) is 5.82 Å². The Kier molecular flexibility index (Phi) is 3.76. The van der Waals surface area contributed by atoms with Crippen LogP contribution in [0.3, 0.4) is 0 Å². The van der Waals surface area contributed by atoms with Gasteiger partial charge in [-0.25, -0.2) is 4.39 Å². The van der Waals surface area contributed by atoms with E-state index in [1.807, 2.05) is 18.7 Å². The van der Waals surface area contributed by atoms with Gasteiger partial charge in [-0.3, -0.25) is 0 Å². The molecular weight excluding hydrogens is 201 g/mol. The monoisotopic (exact) mass is 215 g/mol. The number of halogens is 2. The lowest BCUT2D eigenvalue weighted by Gasteiger charge is -2.23. The van der Waals surface area contributed by atoms with Crippen molar-refractivity contribution in [3.05, 3.63) is 28.5 Å². The molecule has 0 bridgehead atoms. The normalized spacial score (nSPS) is 10.4. The van der Waals surface area contributed by atoms with Crippen molar-refractivity contribution in [2.45, 2.75) is 20.8 Å². The summed E-state index contributed by atoms with van der Waals surface area (Å²) < 4.78 is 13.8. The second-order valence-corrected chi connectivity index (χ2v) is 3.61. The Labute approximate surface area is 89.5 Å². The Morgan fingerprint density at radius 1 is 1.29 bits per heavy atom. The van der Waals surface area contributed by atoms with E-state index in [-0.39, 0.29) is 5.82 Å². The van der Waals surface area contributed by atoms with Gasteiger partial charge in [0.1, 0.15) is 0 Å². The first kappa shape index (κ1) is 11.3. The zero-order valence-electron chi connectivity index (χ0n) is 8.77. The predicted octanol–water partition coefficient (Wildman–Crippen LogP) is 3.63. The highest BCUT2D eigenvalue weighted by Gasteiger charge is 2.14. The summed E-state index contributed by atoms with van der Waals surface area (Å²) in [6.07, 6.45) is 0. The number of nitrogens with zero attached hydrogens (tertiary/aromatic N) is 1. The summed E-state index contributed by atoms with van der Waals surface area (Å²) in [4.78, 5) is 1.92. The highest BCUT2D eigenvalue weighted by atomic mass is 35.5. The third-order valence-electron chi connectivity index (χ3n) is 2.34. The van der Waals surface area contributed by atoms with Crippen LogP contribution in [0.25, 0.3) is 0 Å². The summed E-state index contributed by atoms with van der Waals surface area (Å²) in [5.41, 5.74) is 1.16. The summed E-state index contributed by atoms with van der Waals surface area (Å²) in [5.74, 6) is -0.207. The summed E-state index contributed by atoms with van der Waals surface area (Å²) in [7, 11) is 0. The fourth-order valence-corrected chi connectivity index (χ4v) is 1.74. The van der Waals surface area contributed by atoms with Crippen molar-refractivity contribution in [3.8, 4) is 0 Å². The molecule has 0 aromatic heterocycles. The average molecular weight is 216 g/mol. The van der Waals surface area contributed by atoms with Crippen LogP contribution < -0.4 is 4.90 Å². The molecule has 1 rings (SSSR count). The average Bonchev–Trinajstić information content (AvgIpc) is 2.19. The van der Waals surface area contributed by atoms with Gasteiger partial charge in [-0.1, -0.05) is 17.7 Å². The minimum atomic E-state index is -0.207. The van der Waals surface area contributed by atoms with Crippen molar-refractivity contribution >= 4 is 17.3 Å². The van der Waals surface area contributed by atoms with Gasteiger partial charge in [-0.05, 0) is 32.4 Å². The largest absolute Gasteiger partial charge is 0.369 e. The number of benzene rings is 1. The molecule has 0 aliphatic carbocycles. The van der Waals surface area contributed by atoms with Crippen LogP contribution in [0, 0.1) is 12.7 Å². The fraction of sp³-hybridized carbons (Fsp3) is 0.455. The summed E-state index contributed by atoms with van der Waals surface area (Å²) >= 11 is 5.97. The van der Waals surface area contributed by atoms with Crippen LogP contribution >= 0.6 is 11.6 Å². The number of anilines is 1. The van der Waals surface area contributed by atoms with Crippen LogP contribution in [0.15, 0.2) is 12.1 Å². The van der Waals surface area contributed by atoms with E-state index in [0.29, 0.717) is 16.3 Å². The summed E-state index contributed by atoms with van der Waals surface area (Å²) in [6, 6.07) is 3.44. The second kappa shape index (κ2) is 4.65. The molecule has 0 saturated carbocycles. The molecule has 0 atom stereocenters. The molecule has 0 fully saturated rings. The highest BCUT2D eigenvalue weighted by Crippen LogP contribution is 2.30. The Balaban J connectivity index is 3.23. The van der Waals surface area contributed by atoms with E-state index in [1.165, 1.54) is 0 Å². The molecule has 0 spiro atoms. The lowest BCUT2D eigenvalue weighted by molar-refractivity contribution is 0.611. The van der Waals surface area contributed by atoms with Gasteiger partial charge in [0.05, 0.1) is 10.7 Å². The van der Waals surface area contributed by atoms with Crippen molar-refractivity contribution in [2.75, 3.05) is 18.0 Å². The molecular formula is C11H15ClFN. The first-order chi connectivity index (χ1) is 6.61. The molecule has 0 amide bonds. The third-order valence-corrected chi connectivity index (χ3v) is 2.64. The van der Waals surface area contributed by atoms with Crippen LogP contribution in [0.2, 0.25) is 5.02 Å². The van der Waals surface area contributed by atoms with Crippen LogP contribution in [-0.2, 0) is 0 Å². The minimum absolute atomic E-state index is 0.207. The third kappa shape index (κ3) is 2.01. The lowest BCUT2D eigenvalue weighted by atomic mass is 10.2.